The van der Waals surface area contributed by atoms with Gasteiger partial charge in [-0.25, -0.2) is 14.5 Å². The minimum absolute atomic E-state index is 0.0915. The summed E-state index contributed by atoms with van der Waals surface area (Å²) in [6, 6.07) is 19.3. The second-order valence-electron chi connectivity index (χ2n) is 6.87. The number of aryl methyl sites for hydroxylation is 1. The molecule has 0 radical (unpaired) electrons. The molecule has 0 aliphatic carbocycles. The lowest BCUT2D eigenvalue weighted by Gasteiger charge is -2.07. The summed E-state index contributed by atoms with van der Waals surface area (Å²) in [5.74, 6) is -0.442. The van der Waals surface area contributed by atoms with E-state index in [1.165, 1.54) is 0 Å². The van der Waals surface area contributed by atoms with Crippen LogP contribution in [0.3, 0.4) is 0 Å². The average molecular weight is 414 g/mol. The van der Waals surface area contributed by atoms with Crippen molar-refractivity contribution < 1.29 is 9.53 Å². The third-order valence-electron chi connectivity index (χ3n) is 4.77. The molecule has 0 amide bonds. The lowest BCUT2D eigenvalue weighted by molar-refractivity contribution is 0.0457. The lowest BCUT2D eigenvalue weighted by Crippen LogP contribution is -2.12. The van der Waals surface area contributed by atoms with Crippen molar-refractivity contribution >= 4 is 23.0 Å². The SMILES string of the molecule is Cc1cccn2cc(COC(=O)c3cc(-c4cccs4)nn3-c3ccccc3)nc12. The number of pyridine rings is 1. The van der Waals surface area contributed by atoms with Gasteiger partial charge in [0.2, 0.25) is 0 Å². The molecule has 5 rings (SSSR count). The number of carbonyl (C=O) groups is 1. The Balaban J connectivity index is 1.44. The molecule has 0 aliphatic rings. The number of carbonyl (C=O) groups excluding carboxylic acids is 1. The summed E-state index contributed by atoms with van der Waals surface area (Å²) in [6.45, 7) is 2.09. The molecule has 0 saturated heterocycles. The number of nitrogens with zero attached hydrogens (tertiary/aromatic N) is 4. The first-order chi connectivity index (χ1) is 14.7. The Hall–Kier alpha value is -3.71. The number of esters is 1. The van der Waals surface area contributed by atoms with E-state index in [0.29, 0.717) is 11.4 Å². The van der Waals surface area contributed by atoms with E-state index in [9.17, 15) is 4.79 Å². The maximum atomic E-state index is 13.0. The average Bonchev–Trinajstić information content (AvgIpc) is 3.52. The molecule has 0 bridgehead atoms. The smallest absolute Gasteiger partial charge is 0.357 e. The molecule has 4 heterocycles. The van der Waals surface area contributed by atoms with E-state index in [4.69, 9.17) is 4.74 Å². The monoisotopic (exact) mass is 414 g/mol. The number of imidazole rings is 1. The zero-order chi connectivity index (χ0) is 20.5. The first kappa shape index (κ1) is 18.3. The largest absolute Gasteiger partial charge is 0.454 e. The van der Waals surface area contributed by atoms with Crippen molar-refractivity contribution in [2.45, 2.75) is 13.5 Å². The molecule has 0 aliphatic heterocycles. The summed E-state index contributed by atoms with van der Waals surface area (Å²) in [5, 5.41) is 6.64. The van der Waals surface area contributed by atoms with Crippen LogP contribution < -0.4 is 0 Å². The van der Waals surface area contributed by atoms with Gasteiger partial charge in [0.05, 0.1) is 16.3 Å². The van der Waals surface area contributed by atoms with Crippen molar-refractivity contribution in [3.63, 3.8) is 0 Å². The highest BCUT2D eigenvalue weighted by Gasteiger charge is 2.20. The Bertz CT molecular complexity index is 1320. The zero-order valence-electron chi connectivity index (χ0n) is 16.2. The van der Waals surface area contributed by atoms with Crippen LogP contribution >= 0.6 is 11.3 Å². The van der Waals surface area contributed by atoms with Crippen LogP contribution in [-0.2, 0) is 11.3 Å². The van der Waals surface area contributed by atoms with E-state index in [1.807, 2.05) is 83.7 Å². The minimum atomic E-state index is -0.442. The maximum Gasteiger partial charge on any atom is 0.357 e. The van der Waals surface area contributed by atoms with Gasteiger partial charge in [-0.2, -0.15) is 5.10 Å². The fourth-order valence-corrected chi connectivity index (χ4v) is 4.01. The van der Waals surface area contributed by atoms with Crippen LogP contribution in [0, 0.1) is 6.92 Å². The highest BCUT2D eigenvalue weighted by atomic mass is 32.1. The molecular weight excluding hydrogens is 396 g/mol. The third-order valence-corrected chi connectivity index (χ3v) is 5.66. The quantitative estimate of drug-likeness (QED) is 0.383. The van der Waals surface area contributed by atoms with Gasteiger partial charge in [0.1, 0.15) is 17.9 Å². The van der Waals surface area contributed by atoms with Gasteiger partial charge in [0, 0.05) is 18.5 Å². The summed E-state index contributed by atoms with van der Waals surface area (Å²) in [7, 11) is 0. The number of thiophene rings is 1. The van der Waals surface area contributed by atoms with E-state index in [2.05, 4.69) is 10.1 Å². The van der Waals surface area contributed by atoms with Gasteiger partial charge in [0.25, 0.3) is 0 Å². The van der Waals surface area contributed by atoms with Crippen molar-refractivity contribution in [1.82, 2.24) is 19.2 Å². The minimum Gasteiger partial charge on any atom is -0.454 e. The zero-order valence-corrected chi connectivity index (χ0v) is 17.0. The molecule has 4 aromatic heterocycles. The number of para-hydroxylation sites is 1. The van der Waals surface area contributed by atoms with E-state index in [-0.39, 0.29) is 6.61 Å². The van der Waals surface area contributed by atoms with Crippen LogP contribution in [-0.4, -0.2) is 25.1 Å². The Morgan fingerprint density at radius 3 is 2.73 bits per heavy atom. The van der Waals surface area contributed by atoms with Crippen molar-refractivity contribution in [2.75, 3.05) is 0 Å². The van der Waals surface area contributed by atoms with E-state index in [1.54, 1.807) is 22.1 Å². The first-order valence-electron chi connectivity index (χ1n) is 9.49. The van der Waals surface area contributed by atoms with E-state index in [0.717, 1.165) is 27.5 Å². The highest BCUT2D eigenvalue weighted by molar-refractivity contribution is 7.13. The molecule has 0 spiro atoms. The van der Waals surface area contributed by atoms with Gasteiger partial charge in [-0.3, -0.25) is 0 Å². The maximum absolute atomic E-state index is 13.0. The van der Waals surface area contributed by atoms with Crippen molar-refractivity contribution in [1.29, 1.82) is 0 Å². The number of rotatable bonds is 5. The van der Waals surface area contributed by atoms with Crippen LogP contribution in [0.1, 0.15) is 21.7 Å². The van der Waals surface area contributed by atoms with Gasteiger partial charge in [-0.15, -0.1) is 11.3 Å². The Labute approximate surface area is 177 Å². The van der Waals surface area contributed by atoms with Crippen molar-refractivity contribution in [3.05, 3.63) is 95.4 Å². The van der Waals surface area contributed by atoms with Crippen molar-refractivity contribution in [3.8, 4) is 16.3 Å². The van der Waals surface area contributed by atoms with Gasteiger partial charge in [-0.05, 0) is 42.1 Å². The van der Waals surface area contributed by atoms with Crippen LogP contribution in [0.4, 0.5) is 0 Å². The lowest BCUT2D eigenvalue weighted by atomic mass is 10.3. The second kappa shape index (κ2) is 7.61. The molecule has 5 aromatic rings. The van der Waals surface area contributed by atoms with Crippen LogP contribution in [0.5, 0.6) is 0 Å². The summed E-state index contributed by atoms with van der Waals surface area (Å²) >= 11 is 1.58. The highest BCUT2D eigenvalue weighted by Crippen LogP contribution is 2.26. The Morgan fingerprint density at radius 2 is 1.97 bits per heavy atom. The predicted octanol–water partition coefficient (Wildman–Crippen LogP) is 4.91. The number of hydrogen-bond acceptors (Lipinski definition) is 5. The number of fused-ring (bicyclic) bond motifs is 1. The Morgan fingerprint density at radius 1 is 1.10 bits per heavy atom. The molecule has 148 valence electrons. The van der Waals surface area contributed by atoms with Gasteiger partial charge in [-0.1, -0.05) is 30.3 Å². The number of aromatic nitrogens is 4. The number of ether oxygens (including phenoxy) is 1. The fourth-order valence-electron chi connectivity index (χ4n) is 3.32. The third kappa shape index (κ3) is 3.40. The topological polar surface area (TPSA) is 61.4 Å². The van der Waals surface area contributed by atoms with Crippen LogP contribution in [0.25, 0.3) is 21.9 Å². The molecule has 0 N–H and O–H groups in total. The molecule has 6 nitrogen and oxygen atoms in total. The molecule has 0 unspecified atom stereocenters. The molecule has 7 heteroatoms. The first-order valence-corrected chi connectivity index (χ1v) is 10.4. The number of benzene rings is 1. The molecule has 0 fully saturated rings. The molecular formula is C23H18N4O2S. The van der Waals surface area contributed by atoms with E-state index >= 15 is 0 Å². The molecule has 0 atom stereocenters. The molecule has 1 aromatic carbocycles. The summed E-state index contributed by atoms with van der Waals surface area (Å²) in [4.78, 5) is 18.5. The fraction of sp³-hybridized carbons (Fsp3) is 0.0870. The number of hydrogen-bond donors (Lipinski definition) is 0. The summed E-state index contributed by atoms with van der Waals surface area (Å²) in [5.41, 5.74) is 4.54. The normalized spacial score (nSPS) is 11.1. The van der Waals surface area contributed by atoms with Gasteiger partial charge < -0.3 is 9.14 Å². The Kier molecular flexibility index (Phi) is 4.65. The van der Waals surface area contributed by atoms with Crippen LogP contribution in [0.15, 0.2) is 78.4 Å². The summed E-state index contributed by atoms with van der Waals surface area (Å²) < 4.78 is 9.17. The molecule has 30 heavy (non-hydrogen) atoms. The van der Waals surface area contributed by atoms with Gasteiger partial charge in [0.15, 0.2) is 5.69 Å². The predicted molar refractivity (Wildman–Crippen MR) is 116 cm³/mol. The summed E-state index contributed by atoms with van der Waals surface area (Å²) in [6.07, 6.45) is 3.81. The molecule has 0 saturated carbocycles. The van der Waals surface area contributed by atoms with Crippen molar-refractivity contribution in [2.24, 2.45) is 0 Å². The second-order valence-corrected chi connectivity index (χ2v) is 7.82. The van der Waals surface area contributed by atoms with E-state index < -0.39 is 5.97 Å². The van der Waals surface area contributed by atoms with Gasteiger partial charge >= 0.3 is 5.97 Å². The van der Waals surface area contributed by atoms with Crippen LogP contribution in [0.2, 0.25) is 0 Å². The standard InChI is InChI=1S/C23H18N4O2S/c1-16-7-5-11-26-14-17(24-22(16)26)15-29-23(28)20-13-19(21-10-6-12-30-21)25-27(20)18-8-3-2-4-9-18/h2-14H,15H2,1H3.